The molecule has 0 bridgehead atoms. The van der Waals surface area contributed by atoms with E-state index in [-0.39, 0.29) is 0 Å². The molecule has 0 aromatic heterocycles. The number of aliphatic imine (C=N–C) groups is 1. The van der Waals surface area contributed by atoms with Crippen LogP contribution in [0.5, 0.6) is 11.5 Å². The molecule has 0 radical (unpaired) electrons. The lowest BCUT2D eigenvalue weighted by molar-refractivity contribution is -0.131. The van der Waals surface area contributed by atoms with Gasteiger partial charge in [0, 0.05) is 18.7 Å². The van der Waals surface area contributed by atoms with Crippen molar-refractivity contribution in [2.75, 3.05) is 20.9 Å². The van der Waals surface area contributed by atoms with Gasteiger partial charge in [-0.05, 0) is 59.6 Å². The first-order valence-electron chi connectivity index (χ1n) is 9.63. The Bertz CT molecular complexity index is 1030. The first kappa shape index (κ1) is 24.7. The van der Waals surface area contributed by atoms with E-state index < -0.39 is 5.97 Å². The summed E-state index contributed by atoms with van der Waals surface area (Å²) in [6, 6.07) is 11.9. The van der Waals surface area contributed by atoms with Gasteiger partial charge in [-0.25, -0.2) is 4.79 Å². The van der Waals surface area contributed by atoms with Crippen molar-refractivity contribution in [3.05, 3.63) is 63.9 Å². The van der Waals surface area contributed by atoms with E-state index in [0.717, 1.165) is 39.6 Å². The number of hydrogen-bond acceptors (Lipinski definition) is 5. The average Bonchev–Trinajstić information content (AvgIpc) is 3.23. The Labute approximate surface area is 190 Å². The van der Waals surface area contributed by atoms with Crippen LogP contribution in [0.3, 0.4) is 0 Å². The molecule has 1 heterocycles. The Morgan fingerprint density at radius 3 is 2.42 bits per heavy atom. The molecule has 0 saturated carbocycles. The number of nitrogens with zero attached hydrogens (tertiary/aromatic N) is 1. The van der Waals surface area contributed by atoms with E-state index in [1.54, 1.807) is 14.2 Å². The molecule has 7 heteroatoms. The summed E-state index contributed by atoms with van der Waals surface area (Å²) in [6.45, 7) is 9.52. The lowest BCUT2D eigenvalue weighted by atomic mass is 10.1. The van der Waals surface area contributed by atoms with Crippen molar-refractivity contribution < 1.29 is 19.4 Å². The molecule has 1 unspecified atom stereocenters. The minimum atomic E-state index is -0.898. The van der Waals surface area contributed by atoms with Gasteiger partial charge in [0.25, 0.3) is 0 Å². The van der Waals surface area contributed by atoms with Crippen LogP contribution in [0.1, 0.15) is 25.0 Å². The van der Waals surface area contributed by atoms with Crippen LogP contribution < -0.4 is 14.8 Å². The molecule has 3 rings (SSSR count). The highest BCUT2D eigenvalue weighted by molar-refractivity contribution is 8.07. The maximum absolute atomic E-state index is 11.3. The number of allylic oxidation sites excluding steroid dienone is 2. The molecular weight excluding hydrogens is 429 g/mol. The topological polar surface area (TPSA) is 68.1 Å². The number of benzene rings is 2. The Morgan fingerprint density at radius 2 is 1.84 bits per heavy atom. The average molecular weight is 458 g/mol. The predicted octanol–water partition coefficient (Wildman–Crippen LogP) is 5.66. The van der Waals surface area contributed by atoms with Gasteiger partial charge in [-0.1, -0.05) is 45.1 Å². The Balaban J connectivity index is 0.000000231. The van der Waals surface area contributed by atoms with Crippen LogP contribution in [0, 0.1) is 0 Å². The van der Waals surface area contributed by atoms with Gasteiger partial charge < -0.3 is 14.6 Å². The summed E-state index contributed by atoms with van der Waals surface area (Å²) in [6.07, 6.45) is 2.78. The molecule has 0 fully saturated rings. The molecule has 0 saturated heterocycles. The third kappa shape index (κ3) is 6.71. The maximum Gasteiger partial charge on any atom is 0.342 e. The van der Waals surface area contributed by atoms with Crippen LogP contribution >= 0.6 is 20.3 Å². The molecule has 0 aliphatic carbocycles. The van der Waals surface area contributed by atoms with Gasteiger partial charge in [0.05, 0.1) is 19.9 Å². The number of fused-ring (bicyclic) bond motifs is 1. The second-order valence-electron chi connectivity index (χ2n) is 6.75. The van der Waals surface area contributed by atoms with E-state index in [0.29, 0.717) is 13.5 Å². The molecule has 31 heavy (non-hydrogen) atoms. The van der Waals surface area contributed by atoms with E-state index in [2.05, 4.69) is 30.4 Å². The SMILES string of the molecule is C=C(C)S/C(C(=O)O)=C(\C)c1cccc(PC)c1.COc1cc2c(cc1OC)N=CC2. The van der Waals surface area contributed by atoms with Crippen LogP contribution in [0.2, 0.25) is 0 Å². The fourth-order valence-electron chi connectivity index (χ4n) is 2.93. The van der Waals surface area contributed by atoms with Crippen molar-refractivity contribution in [3.63, 3.8) is 0 Å². The van der Waals surface area contributed by atoms with Crippen molar-refractivity contribution in [3.8, 4) is 11.5 Å². The summed E-state index contributed by atoms with van der Waals surface area (Å²) in [4.78, 5) is 16.6. The minimum Gasteiger partial charge on any atom is -0.493 e. The highest BCUT2D eigenvalue weighted by Crippen LogP contribution is 2.36. The smallest absolute Gasteiger partial charge is 0.342 e. The molecule has 2 aromatic carbocycles. The maximum atomic E-state index is 11.3. The van der Waals surface area contributed by atoms with Gasteiger partial charge in [-0.2, -0.15) is 0 Å². The van der Waals surface area contributed by atoms with Crippen molar-refractivity contribution in [2.45, 2.75) is 20.3 Å². The third-order valence-corrected chi connectivity index (χ3v) is 6.44. The molecule has 1 atom stereocenters. The number of ether oxygens (including phenoxy) is 2. The summed E-state index contributed by atoms with van der Waals surface area (Å²) < 4.78 is 10.3. The number of aliphatic carboxylic acids is 1. The van der Waals surface area contributed by atoms with Crippen molar-refractivity contribution in [1.82, 2.24) is 0 Å². The fourth-order valence-corrected chi connectivity index (χ4v) is 4.20. The quantitative estimate of drug-likeness (QED) is 0.429. The van der Waals surface area contributed by atoms with Gasteiger partial charge in [0.2, 0.25) is 0 Å². The molecule has 5 nitrogen and oxygen atoms in total. The van der Waals surface area contributed by atoms with E-state index in [1.807, 2.05) is 44.3 Å². The number of carboxylic acid groups (broad SMARTS) is 1. The van der Waals surface area contributed by atoms with Crippen LogP contribution in [-0.2, 0) is 11.2 Å². The highest BCUT2D eigenvalue weighted by atomic mass is 32.2. The molecule has 0 amide bonds. The summed E-state index contributed by atoms with van der Waals surface area (Å²) in [5.74, 6) is 0.608. The predicted molar refractivity (Wildman–Crippen MR) is 134 cm³/mol. The number of carbonyl (C=O) groups is 1. The second kappa shape index (κ2) is 11.7. The van der Waals surface area contributed by atoms with Crippen LogP contribution in [0.4, 0.5) is 5.69 Å². The fraction of sp³-hybridized carbons (Fsp3) is 0.250. The van der Waals surface area contributed by atoms with Gasteiger partial charge in [0.1, 0.15) is 4.91 Å². The standard InChI is InChI=1S/C14H17O2PS.C10H11NO2/c1-9(2)18-13(14(15)16)10(3)11-6-5-7-12(8-11)17-4;1-12-9-5-7-3-4-11-8(7)6-10(9)13-2/h5-8,17H,1H2,2-4H3,(H,15,16);4-6H,3H2,1-2H3/b13-10+;. The van der Waals surface area contributed by atoms with Gasteiger partial charge >= 0.3 is 5.97 Å². The lowest BCUT2D eigenvalue weighted by Crippen LogP contribution is -2.01. The molecule has 1 N–H and O–H groups in total. The molecule has 2 aromatic rings. The number of thioether (sulfide) groups is 1. The van der Waals surface area contributed by atoms with Crippen LogP contribution in [-0.4, -0.2) is 38.2 Å². The number of carboxylic acids is 1. The zero-order chi connectivity index (χ0) is 23.0. The Hall–Kier alpha value is -2.56. The second-order valence-corrected chi connectivity index (χ2v) is 9.13. The number of methoxy groups -OCH3 is 2. The van der Waals surface area contributed by atoms with Crippen molar-refractivity contribution in [2.24, 2.45) is 4.99 Å². The normalized spacial score (nSPS) is 12.7. The van der Waals surface area contributed by atoms with Gasteiger partial charge in [0.15, 0.2) is 11.5 Å². The van der Waals surface area contributed by atoms with Gasteiger partial charge in [-0.3, -0.25) is 4.99 Å². The molecule has 1 aliphatic heterocycles. The summed E-state index contributed by atoms with van der Waals surface area (Å²) in [7, 11) is 3.98. The Kier molecular flexibility index (Phi) is 9.35. The summed E-state index contributed by atoms with van der Waals surface area (Å²) >= 11 is 1.21. The zero-order valence-corrected chi connectivity index (χ0v) is 20.3. The first-order chi connectivity index (χ1) is 14.8. The molecule has 0 spiro atoms. The summed E-state index contributed by atoms with van der Waals surface area (Å²) in [5, 5.41) is 10.5. The van der Waals surface area contributed by atoms with Crippen molar-refractivity contribution in [1.29, 1.82) is 0 Å². The van der Waals surface area contributed by atoms with Crippen LogP contribution in [0.15, 0.2) is 57.8 Å². The summed E-state index contributed by atoms with van der Waals surface area (Å²) in [5.41, 5.74) is 3.93. The van der Waals surface area contributed by atoms with Crippen LogP contribution in [0.25, 0.3) is 5.57 Å². The molecular formula is C24H28NO4PS. The molecule has 1 aliphatic rings. The highest BCUT2D eigenvalue weighted by Gasteiger charge is 2.14. The lowest BCUT2D eigenvalue weighted by Gasteiger charge is -2.09. The van der Waals surface area contributed by atoms with E-state index in [1.165, 1.54) is 22.6 Å². The number of rotatable bonds is 7. The first-order valence-corrected chi connectivity index (χ1v) is 12.0. The number of hydrogen-bond donors (Lipinski definition) is 1. The van der Waals surface area contributed by atoms with Gasteiger partial charge in [-0.15, -0.1) is 0 Å². The minimum absolute atomic E-state index is 0.346. The largest absolute Gasteiger partial charge is 0.493 e. The Morgan fingerprint density at radius 1 is 1.16 bits per heavy atom. The zero-order valence-electron chi connectivity index (χ0n) is 18.5. The van der Waals surface area contributed by atoms with E-state index in [9.17, 15) is 9.90 Å². The monoisotopic (exact) mass is 457 g/mol. The third-order valence-electron chi connectivity index (χ3n) is 4.52. The van der Waals surface area contributed by atoms with Crippen molar-refractivity contribution >= 4 is 49.1 Å². The van der Waals surface area contributed by atoms with E-state index in [4.69, 9.17) is 9.47 Å². The molecule has 164 valence electrons. The van der Waals surface area contributed by atoms with E-state index >= 15 is 0 Å².